The zero-order valence-corrected chi connectivity index (χ0v) is 20.6. The lowest BCUT2D eigenvalue weighted by atomic mass is 9.99. The molecule has 2 aliphatic heterocycles. The largest absolute Gasteiger partial charge is 0.405 e. The summed E-state index contributed by atoms with van der Waals surface area (Å²) in [5.74, 6) is 0. The van der Waals surface area contributed by atoms with Gasteiger partial charge < -0.3 is 0 Å². The summed E-state index contributed by atoms with van der Waals surface area (Å²) in [7, 11) is 0. The molecule has 0 aliphatic carbocycles. The molecule has 0 bridgehead atoms. The first kappa shape index (κ1) is 27.7. The van der Waals surface area contributed by atoms with Gasteiger partial charge in [0.05, 0.1) is 0 Å². The van der Waals surface area contributed by atoms with Gasteiger partial charge in [-0.3, -0.25) is 19.6 Å². The van der Waals surface area contributed by atoms with Gasteiger partial charge in [-0.15, -0.1) is 0 Å². The molecule has 2 heterocycles. The summed E-state index contributed by atoms with van der Waals surface area (Å²) in [6, 6.07) is -1.27. The van der Waals surface area contributed by atoms with Gasteiger partial charge in [-0.25, -0.2) is 8.78 Å². The highest BCUT2D eigenvalue weighted by atomic mass is 19.4. The van der Waals surface area contributed by atoms with E-state index in [9.17, 15) is 22.0 Å². The highest BCUT2D eigenvalue weighted by Gasteiger charge is 2.47. The maximum absolute atomic E-state index is 13.6. The van der Waals surface area contributed by atoms with Crippen LogP contribution in [0.1, 0.15) is 60.8 Å². The molecule has 0 aromatic heterocycles. The standard InChI is InChI=1S/C23H43F5N4/c1-16(2)29-9-12-32(20(14-29)13-22(24)25)19(6)8-7-18(5)30-10-11-31(17(3)4)21(15-30)23(26,27)28/h16-22H,7-15H2,1-6H3. The summed E-state index contributed by atoms with van der Waals surface area (Å²) < 4.78 is 67.4. The van der Waals surface area contributed by atoms with Crippen LogP contribution >= 0.6 is 0 Å². The summed E-state index contributed by atoms with van der Waals surface area (Å²) in [6.07, 6.45) is -5.15. The topological polar surface area (TPSA) is 13.0 Å². The lowest BCUT2D eigenvalue weighted by Gasteiger charge is -2.47. The third kappa shape index (κ3) is 7.50. The van der Waals surface area contributed by atoms with E-state index in [0.717, 1.165) is 25.9 Å². The number of piperazine rings is 2. The lowest BCUT2D eigenvalue weighted by molar-refractivity contribution is -0.204. The number of alkyl halides is 5. The minimum Gasteiger partial charge on any atom is -0.298 e. The molecule has 0 amide bonds. The van der Waals surface area contributed by atoms with E-state index in [1.807, 2.05) is 25.7 Å². The highest BCUT2D eigenvalue weighted by molar-refractivity contribution is 4.91. The van der Waals surface area contributed by atoms with Crippen molar-refractivity contribution in [2.75, 3.05) is 39.3 Å². The Morgan fingerprint density at radius 2 is 1.28 bits per heavy atom. The zero-order chi connectivity index (χ0) is 24.2. The molecule has 2 saturated heterocycles. The first-order valence-corrected chi connectivity index (χ1v) is 12.2. The number of rotatable bonds is 9. The van der Waals surface area contributed by atoms with Gasteiger partial charge >= 0.3 is 6.18 Å². The number of halogens is 5. The van der Waals surface area contributed by atoms with Gasteiger partial charge in [0.15, 0.2) is 0 Å². The smallest absolute Gasteiger partial charge is 0.298 e. The van der Waals surface area contributed by atoms with Crippen molar-refractivity contribution in [2.45, 2.75) is 110 Å². The molecule has 9 heteroatoms. The average molecular weight is 471 g/mol. The Morgan fingerprint density at radius 3 is 1.81 bits per heavy atom. The van der Waals surface area contributed by atoms with E-state index in [4.69, 9.17) is 0 Å². The fourth-order valence-corrected chi connectivity index (χ4v) is 5.32. The van der Waals surface area contributed by atoms with Crippen molar-refractivity contribution in [1.82, 2.24) is 19.6 Å². The normalized spacial score (nSPS) is 27.6. The first-order chi connectivity index (χ1) is 14.8. The van der Waals surface area contributed by atoms with Crippen LogP contribution in [0.2, 0.25) is 0 Å². The SMILES string of the molecule is CC(C)N1CCN(C(C)CCC(C)N2CCN(C(C)C)C(C(F)(F)F)C2)C(CC(F)F)C1. The summed E-state index contributed by atoms with van der Waals surface area (Å²) in [5, 5.41) is 0. The Morgan fingerprint density at radius 1 is 0.719 bits per heavy atom. The van der Waals surface area contributed by atoms with Crippen LogP contribution < -0.4 is 0 Å². The van der Waals surface area contributed by atoms with Crippen LogP contribution in [0, 0.1) is 0 Å². The molecular formula is C23H43F5N4. The molecule has 4 unspecified atom stereocenters. The average Bonchev–Trinajstić information content (AvgIpc) is 2.70. The Hall–Kier alpha value is -0.510. The molecule has 4 atom stereocenters. The van der Waals surface area contributed by atoms with E-state index in [1.54, 1.807) is 4.90 Å². The van der Waals surface area contributed by atoms with Gasteiger partial charge in [-0.1, -0.05) is 0 Å². The Labute approximate surface area is 191 Å². The van der Waals surface area contributed by atoms with E-state index >= 15 is 0 Å². The molecule has 0 aromatic rings. The minimum atomic E-state index is -4.24. The van der Waals surface area contributed by atoms with Crippen molar-refractivity contribution < 1.29 is 22.0 Å². The van der Waals surface area contributed by atoms with E-state index in [0.29, 0.717) is 25.7 Å². The van der Waals surface area contributed by atoms with Gasteiger partial charge in [0.25, 0.3) is 0 Å². The second-order valence-corrected chi connectivity index (χ2v) is 10.3. The molecule has 0 spiro atoms. The number of hydrogen-bond acceptors (Lipinski definition) is 4. The Kier molecular flexibility index (Phi) is 10.2. The quantitative estimate of drug-likeness (QED) is 0.459. The predicted molar refractivity (Wildman–Crippen MR) is 119 cm³/mol. The van der Waals surface area contributed by atoms with Crippen LogP contribution in [0.4, 0.5) is 22.0 Å². The molecule has 2 aliphatic rings. The van der Waals surface area contributed by atoms with Crippen molar-refractivity contribution in [3.05, 3.63) is 0 Å². The van der Waals surface area contributed by atoms with Crippen molar-refractivity contribution in [3.63, 3.8) is 0 Å². The van der Waals surface area contributed by atoms with Crippen LogP contribution in [0.25, 0.3) is 0 Å². The molecule has 0 aromatic carbocycles. The fraction of sp³-hybridized carbons (Fsp3) is 1.00. The fourth-order valence-electron chi connectivity index (χ4n) is 5.32. The van der Waals surface area contributed by atoms with Gasteiger partial charge in [0.2, 0.25) is 6.43 Å². The summed E-state index contributed by atoms with van der Waals surface area (Å²) in [4.78, 5) is 7.96. The summed E-state index contributed by atoms with van der Waals surface area (Å²) in [6.45, 7) is 15.2. The maximum Gasteiger partial charge on any atom is 0.405 e. The van der Waals surface area contributed by atoms with Crippen molar-refractivity contribution in [3.8, 4) is 0 Å². The van der Waals surface area contributed by atoms with Gasteiger partial charge in [-0.2, -0.15) is 13.2 Å². The third-order valence-corrected chi connectivity index (χ3v) is 7.43. The lowest BCUT2D eigenvalue weighted by Crippen LogP contribution is -2.62. The van der Waals surface area contributed by atoms with Crippen LogP contribution in [-0.2, 0) is 0 Å². The van der Waals surface area contributed by atoms with Gasteiger partial charge in [0, 0.05) is 75.9 Å². The molecule has 0 saturated carbocycles. The molecule has 0 radical (unpaired) electrons. The predicted octanol–water partition coefficient (Wildman–Crippen LogP) is 4.55. The monoisotopic (exact) mass is 470 g/mol. The van der Waals surface area contributed by atoms with Crippen LogP contribution in [0.3, 0.4) is 0 Å². The van der Waals surface area contributed by atoms with Crippen LogP contribution in [0.5, 0.6) is 0 Å². The molecule has 32 heavy (non-hydrogen) atoms. The van der Waals surface area contributed by atoms with E-state index in [-0.39, 0.29) is 37.1 Å². The van der Waals surface area contributed by atoms with Crippen molar-refractivity contribution in [2.24, 2.45) is 0 Å². The number of hydrogen-bond donors (Lipinski definition) is 0. The van der Waals surface area contributed by atoms with E-state index in [1.165, 1.54) is 0 Å². The molecular weight excluding hydrogens is 427 g/mol. The van der Waals surface area contributed by atoms with Crippen molar-refractivity contribution >= 4 is 0 Å². The molecule has 190 valence electrons. The van der Waals surface area contributed by atoms with E-state index < -0.39 is 18.6 Å². The summed E-state index contributed by atoms with van der Waals surface area (Å²) in [5.41, 5.74) is 0. The van der Waals surface area contributed by atoms with Gasteiger partial charge in [0.1, 0.15) is 6.04 Å². The van der Waals surface area contributed by atoms with Gasteiger partial charge in [-0.05, 0) is 54.4 Å². The second kappa shape index (κ2) is 11.8. The maximum atomic E-state index is 13.6. The zero-order valence-electron chi connectivity index (χ0n) is 20.6. The first-order valence-electron chi connectivity index (χ1n) is 12.2. The molecule has 2 fully saturated rings. The van der Waals surface area contributed by atoms with Crippen molar-refractivity contribution in [1.29, 1.82) is 0 Å². The van der Waals surface area contributed by atoms with E-state index in [2.05, 4.69) is 30.6 Å². The van der Waals surface area contributed by atoms with Crippen LogP contribution in [0.15, 0.2) is 0 Å². The number of nitrogens with zero attached hydrogens (tertiary/aromatic N) is 4. The van der Waals surface area contributed by atoms with Crippen LogP contribution in [-0.4, -0.2) is 108 Å². The second-order valence-electron chi connectivity index (χ2n) is 10.3. The molecule has 4 nitrogen and oxygen atoms in total. The summed E-state index contributed by atoms with van der Waals surface area (Å²) >= 11 is 0. The Bertz CT molecular complexity index is 557. The highest BCUT2D eigenvalue weighted by Crippen LogP contribution is 2.31. The molecule has 2 rings (SSSR count). The minimum absolute atomic E-state index is 0.00169. The third-order valence-electron chi connectivity index (χ3n) is 7.43. The Balaban J connectivity index is 1.94. The molecule has 0 N–H and O–H groups in total.